The Morgan fingerprint density at radius 2 is 1.95 bits per heavy atom. The molecule has 1 heterocycles. The summed E-state index contributed by atoms with van der Waals surface area (Å²) >= 11 is 0. The Morgan fingerprint density at radius 3 is 2.79 bits per heavy atom. The molecule has 0 aliphatic heterocycles. The predicted octanol–water partition coefficient (Wildman–Crippen LogP) is 2.90. The number of fused-ring (bicyclic) bond motifs is 1. The Morgan fingerprint density at radius 1 is 1.05 bits per heavy atom. The molecule has 0 spiro atoms. The molecule has 0 aliphatic carbocycles. The van der Waals surface area contributed by atoms with Crippen molar-refractivity contribution in [2.75, 3.05) is 6.54 Å². The molecule has 0 aliphatic rings. The van der Waals surface area contributed by atoms with Crippen LogP contribution in [0.25, 0.3) is 10.8 Å². The molecule has 0 bridgehead atoms. The van der Waals surface area contributed by atoms with E-state index in [1.165, 1.54) is 22.0 Å². The van der Waals surface area contributed by atoms with Gasteiger partial charge in [0.25, 0.3) is 0 Å². The predicted molar refractivity (Wildman–Crippen MR) is 77.9 cm³/mol. The van der Waals surface area contributed by atoms with Gasteiger partial charge in [-0.3, -0.25) is 0 Å². The second-order valence-electron chi connectivity index (χ2n) is 4.69. The maximum absolute atomic E-state index is 4.01. The van der Waals surface area contributed by atoms with Crippen molar-refractivity contribution in [3.8, 4) is 0 Å². The first-order valence-corrected chi connectivity index (χ1v) is 6.57. The molecule has 2 N–H and O–H groups in total. The summed E-state index contributed by atoms with van der Waals surface area (Å²) in [6.45, 7) is 1.86. The van der Waals surface area contributed by atoms with Gasteiger partial charge < -0.3 is 10.3 Å². The van der Waals surface area contributed by atoms with Crippen LogP contribution < -0.4 is 5.32 Å². The zero-order chi connectivity index (χ0) is 12.9. The number of aromatic nitrogens is 2. The number of rotatable bonds is 5. The number of benzene rings is 2. The standard InChI is InChI=1S/C16H17N3/c1-2-4-15-9-13(5-6-14(15)3-1)10-17-8-7-16-11-18-12-19-16/h1-6,9,11-12,17H,7-8,10H2,(H,18,19). The second kappa shape index (κ2) is 5.67. The van der Waals surface area contributed by atoms with Gasteiger partial charge in [-0.2, -0.15) is 0 Å². The van der Waals surface area contributed by atoms with Crippen LogP contribution in [0, 0.1) is 0 Å². The molecule has 2 aromatic carbocycles. The van der Waals surface area contributed by atoms with Crippen LogP contribution in [0.15, 0.2) is 55.0 Å². The van der Waals surface area contributed by atoms with Crippen LogP contribution in [-0.2, 0) is 13.0 Å². The molecule has 1 aromatic heterocycles. The fraction of sp³-hybridized carbons (Fsp3) is 0.188. The zero-order valence-electron chi connectivity index (χ0n) is 10.8. The van der Waals surface area contributed by atoms with E-state index < -0.39 is 0 Å². The van der Waals surface area contributed by atoms with Crippen LogP contribution in [-0.4, -0.2) is 16.5 Å². The van der Waals surface area contributed by atoms with E-state index in [0.29, 0.717) is 0 Å². The zero-order valence-corrected chi connectivity index (χ0v) is 10.8. The van der Waals surface area contributed by atoms with Crippen LogP contribution >= 0.6 is 0 Å². The maximum atomic E-state index is 4.01. The lowest BCUT2D eigenvalue weighted by molar-refractivity contribution is 0.682. The normalized spacial score (nSPS) is 10.9. The van der Waals surface area contributed by atoms with Crippen molar-refractivity contribution >= 4 is 10.8 Å². The van der Waals surface area contributed by atoms with E-state index in [4.69, 9.17) is 0 Å². The summed E-state index contributed by atoms with van der Waals surface area (Å²) in [6, 6.07) is 15.1. The number of hydrogen-bond acceptors (Lipinski definition) is 2. The fourth-order valence-corrected chi connectivity index (χ4v) is 2.23. The van der Waals surface area contributed by atoms with Crippen molar-refractivity contribution in [3.05, 3.63) is 66.2 Å². The highest BCUT2D eigenvalue weighted by molar-refractivity contribution is 5.82. The minimum Gasteiger partial charge on any atom is -0.348 e. The smallest absolute Gasteiger partial charge is 0.0921 e. The Labute approximate surface area is 112 Å². The summed E-state index contributed by atoms with van der Waals surface area (Å²) in [5, 5.41) is 6.05. The van der Waals surface area contributed by atoms with Crippen LogP contribution in [0.4, 0.5) is 0 Å². The molecule has 19 heavy (non-hydrogen) atoms. The molecular formula is C16H17N3. The van der Waals surface area contributed by atoms with Crippen LogP contribution in [0.3, 0.4) is 0 Å². The molecular weight excluding hydrogens is 234 g/mol. The minimum atomic E-state index is 0.902. The Kier molecular flexibility index (Phi) is 3.56. The summed E-state index contributed by atoms with van der Waals surface area (Å²) in [7, 11) is 0. The summed E-state index contributed by atoms with van der Waals surface area (Å²) in [6.07, 6.45) is 4.57. The van der Waals surface area contributed by atoms with Crippen LogP contribution in [0.1, 0.15) is 11.3 Å². The molecule has 0 saturated heterocycles. The third-order valence-electron chi connectivity index (χ3n) is 3.27. The highest BCUT2D eigenvalue weighted by atomic mass is 14.9. The van der Waals surface area contributed by atoms with E-state index >= 15 is 0 Å². The Bertz CT molecular complexity index is 644. The highest BCUT2D eigenvalue weighted by Crippen LogP contribution is 2.15. The van der Waals surface area contributed by atoms with Crippen molar-refractivity contribution in [1.29, 1.82) is 0 Å². The van der Waals surface area contributed by atoms with Gasteiger partial charge in [0.1, 0.15) is 0 Å². The quantitative estimate of drug-likeness (QED) is 0.685. The van der Waals surface area contributed by atoms with E-state index in [0.717, 1.165) is 19.5 Å². The topological polar surface area (TPSA) is 40.7 Å². The van der Waals surface area contributed by atoms with Crippen LogP contribution in [0.5, 0.6) is 0 Å². The Balaban J connectivity index is 1.56. The summed E-state index contributed by atoms with van der Waals surface area (Å²) in [5.74, 6) is 0. The molecule has 96 valence electrons. The molecule has 3 heteroatoms. The monoisotopic (exact) mass is 251 g/mol. The molecule has 0 unspecified atom stereocenters. The molecule has 3 nitrogen and oxygen atoms in total. The van der Waals surface area contributed by atoms with E-state index in [1.807, 2.05) is 6.20 Å². The first kappa shape index (κ1) is 11.9. The van der Waals surface area contributed by atoms with Gasteiger partial charge in [-0.25, -0.2) is 4.98 Å². The first-order chi connectivity index (χ1) is 9.42. The second-order valence-corrected chi connectivity index (χ2v) is 4.69. The molecule has 0 atom stereocenters. The summed E-state index contributed by atoms with van der Waals surface area (Å²) in [4.78, 5) is 7.12. The molecule has 0 radical (unpaired) electrons. The van der Waals surface area contributed by atoms with Crippen molar-refractivity contribution in [2.24, 2.45) is 0 Å². The van der Waals surface area contributed by atoms with Gasteiger partial charge in [0.15, 0.2) is 0 Å². The maximum Gasteiger partial charge on any atom is 0.0921 e. The SMILES string of the molecule is c1ccc2cc(CNCCc3cnc[nH]3)ccc2c1. The lowest BCUT2D eigenvalue weighted by atomic mass is 10.1. The average molecular weight is 251 g/mol. The van der Waals surface area contributed by atoms with Gasteiger partial charge in [-0.1, -0.05) is 36.4 Å². The van der Waals surface area contributed by atoms with Crippen LogP contribution in [0.2, 0.25) is 0 Å². The average Bonchev–Trinajstić information content (AvgIpc) is 2.97. The summed E-state index contributed by atoms with van der Waals surface area (Å²) < 4.78 is 0. The molecule has 0 fully saturated rings. The van der Waals surface area contributed by atoms with Crippen molar-refractivity contribution < 1.29 is 0 Å². The third-order valence-corrected chi connectivity index (χ3v) is 3.27. The third kappa shape index (κ3) is 3.01. The van der Waals surface area contributed by atoms with Gasteiger partial charge in [0.2, 0.25) is 0 Å². The van der Waals surface area contributed by atoms with Crippen molar-refractivity contribution in [3.63, 3.8) is 0 Å². The number of hydrogen-bond donors (Lipinski definition) is 2. The van der Waals surface area contributed by atoms with E-state index in [2.05, 4.69) is 57.7 Å². The van der Waals surface area contributed by atoms with Gasteiger partial charge in [-0.15, -0.1) is 0 Å². The number of nitrogens with one attached hydrogen (secondary N) is 2. The van der Waals surface area contributed by atoms with E-state index in [-0.39, 0.29) is 0 Å². The molecule has 0 saturated carbocycles. The molecule has 0 amide bonds. The number of aromatic amines is 1. The van der Waals surface area contributed by atoms with Crippen molar-refractivity contribution in [1.82, 2.24) is 15.3 Å². The lowest BCUT2D eigenvalue weighted by Gasteiger charge is -2.05. The van der Waals surface area contributed by atoms with Gasteiger partial charge >= 0.3 is 0 Å². The summed E-state index contributed by atoms with van der Waals surface area (Å²) in [5.41, 5.74) is 2.49. The largest absolute Gasteiger partial charge is 0.348 e. The van der Waals surface area contributed by atoms with Gasteiger partial charge in [0.05, 0.1) is 6.33 Å². The number of nitrogens with zero attached hydrogens (tertiary/aromatic N) is 1. The number of H-pyrrole nitrogens is 1. The number of imidazole rings is 1. The Hall–Kier alpha value is -2.13. The van der Waals surface area contributed by atoms with E-state index in [1.54, 1.807) is 6.33 Å². The van der Waals surface area contributed by atoms with Gasteiger partial charge in [0, 0.05) is 31.4 Å². The first-order valence-electron chi connectivity index (χ1n) is 6.57. The lowest BCUT2D eigenvalue weighted by Crippen LogP contribution is -2.16. The van der Waals surface area contributed by atoms with Gasteiger partial charge in [-0.05, 0) is 22.4 Å². The fourth-order valence-electron chi connectivity index (χ4n) is 2.23. The molecule has 3 rings (SSSR count). The minimum absolute atomic E-state index is 0.902. The highest BCUT2D eigenvalue weighted by Gasteiger charge is 1.97. The van der Waals surface area contributed by atoms with E-state index in [9.17, 15) is 0 Å². The van der Waals surface area contributed by atoms with Crippen molar-refractivity contribution in [2.45, 2.75) is 13.0 Å². The molecule has 3 aromatic rings.